The van der Waals surface area contributed by atoms with Crippen LogP contribution in [0.3, 0.4) is 0 Å². The summed E-state index contributed by atoms with van der Waals surface area (Å²) in [6.07, 6.45) is 0. The van der Waals surface area contributed by atoms with Gasteiger partial charge in [0, 0.05) is 54.5 Å². The van der Waals surface area contributed by atoms with Gasteiger partial charge >= 0.3 is 0 Å². The van der Waals surface area contributed by atoms with Gasteiger partial charge in [0.1, 0.15) is 0 Å². The van der Waals surface area contributed by atoms with Crippen molar-refractivity contribution in [3.63, 3.8) is 0 Å². The lowest BCUT2D eigenvalue weighted by Gasteiger charge is -2.15. The smallest absolute Gasteiger partial charge is 0.0783 e. The molecule has 5 aromatic heterocycles. The molecular weight excluding hydrogens is 777 g/mol. The third-order valence-electron chi connectivity index (χ3n) is 14.0. The zero-order chi connectivity index (χ0) is 41.6. The molecule has 0 unspecified atom stereocenters. The van der Waals surface area contributed by atoms with E-state index in [-0.39, 0.29) is 0 Å². The molecule has 0 saturated heterocycles. The van der Waals surface area contributed by atoms with Crippen LogP contribution in [0, 0.1) is 0 Å². The Morgan fingerprint density at radius 2 is 0.531 bits per heavy atom. The van der Waals surface area contributed by atoms with Gasteiger partial charge in [-0.25, -0.2) is 0 Å². The number of aromatic nitrogens is 4. The van der Waals surface area contributed by atoms with Gasteiger partial charge in [-0.2, -0.15) is 0 Å². The van der Waals surface area contributed by atoms with Crippen LogP contribution in [-0.2, 0) is 0 Å². The first-order chi connectivity index (χ1) is 31.8. The summed E-state index contributed by atoms with van der Waals surface area (Å²) in [4.78, 5) is 0. The fraction of sp³-hybridized carbons (Fsp3) is 0. The first kappa shape index (κ1) is 34.0. The topological polar surface area (TPSA) is 18.7 Å². The minimum atomic E-state index is 1.17. The van der Waals surface area contributed by atoms with Crippen molar-refractivity contribution in [3.05, 3.63) is 218 Å². The van der Waals surface area contributed by atoms with Crippen LogP contribution in [-0.4, -0.2) is 17.9 Å². The van der Waals surface area contributed by atoms with Crippen molar-refractivity contribution in [1.29, 1.82) is 0 Å². The average molecular weight is 813 g/mol. The largest absolute Gasteiger partial charge is 0.309 e. The molecule has 0 N–H and O–H groups in total. The van der Waals surface area contributed by atoms with Crippen molar-refractivity contribution in [2.45, 2.75) is 0 Å². The van der Waals surface area contributed by atoms with E-state index in [1.807, 2.05) is 0 Å². The van der Waals surface area contributed by atoms with E-state index in [2.05, 4.69) is 236 Å². The molecule has 4 nitrogen and oxygen atoms in total. The van der Waals surface area contributed by atoms with Gasteiger partial charge in [0.05, 0.1) is 55.2 Å². The highest BCUT2D eigenvalue weighted by molar-refractivity contribution is 6.23. The van der Waals surface area contributed by atoms with Gasteiger partial charge in [-0.1, -0.05) is 121 Å². The first-order valence-electron chi connectivity index (χ1n) is 22.1. The van der Waals surface area contributed by atoms with E-state index in [0.717, 1.165) is 0 Å². The molecule has 10 aromatic carbocycles. The highest BCUT2D eigenvalue weighted by Gasteiger charge is 2.24. The number of fused-ring (bicyclic) bond motifs is 14. The number of rotatable bonds is 4. The Balaban J connectivity index is 1.01. The number of benzene rings is 10. The Hall–Kier alpha value is -8.60. The van der Waals surface area contributed by atoms with Crippen LogP contribution < -0.4 is 0 Å². The van der Waals surface area contributed by atoms with Gasteiger partial charge < -0.3 is 17.9 Å². The van der Waals surface area contributed by atoms with E-state index >= 15 is 0 Å². The zero-order valence-corrected chi connectivity index (χ0v) is 34.6. The van der Waals surface area contributed by atoms with Gasteiger partial charge in [0.15, 0.2) is 0 Å². The molecule has 5 heterocycles. The van der Waals surface area contributed by atoms with Crippen LogP contribution >= 0.6 is 0 Å². The molecule has 15 aromatic rings. The number of nitrogens with zero attached hydrogens (tertiary/aromatic N) is 4. The molecule has 0 spiro atoms. The lowest BCUT2D eigenvalue weighted by Crippen LogP contribution is -1.98. The fourth-order valence-electron chi connectivity index (χ4n) is 11.3. The fourth-order valence-corrected chi connectivity index (χ4v) is 11.3. The number of para-hydroxylation sites is 6. The van der Waals surface area contributed by atoms with Crippen LogP contribution in [0.4, 0.5) is 0 Å². The Bertz CT molecular complexity index is 4120. The van der Waals surface area contributed by atoms with Crippen molar-refractivity contribution in [1.82, 2.24) is 17.9 Å². The van der Waals surface area contributed by atoms with Gasteiger partial charge in [-0.05, 0) is 119 Å². The maximum atomic E-state index is 2.55. The van der Waals surface area contributed by atoms with Gasteiger partial charge in [-0.15, -0.1) is 0 Å². The van der Waals surface area contributed by atoms with Crippen LogP contribution in [0.2, 0.25) is 0 Å². The standard InChI is InChI=1S/C60H36N4/c1-3-15-41(16-4-1)61-51-23-11-7-19-43(51)47-31-37(27-29-55(47)61)39-33-49-45-21-9-13-25-53(45)64-58-36-40(34-50-46-22-10-14-26-54(46)63(60(50)58)57(35-39)59(49)64)38-28-30-56-48(32-38)44-20-8-12-24-52(44)62(56)42-17-5-2-6-18-42/h1-36H. The third kappa shape index (κ3) is 4.46. The SMILES string of the molecule is c1ccc(-n2c3ccccc3c3cc(-c4cc5c6ccccc6n6c7cc(-c8ccc9c(c8)c8ccccc8n9-c8ccccc8)cc8c9ccccc9n(c(c4)c56)c87)ccc32)cc1. The predicted molar refractivity (Wildman–Crippen MR) is 269 cm³/mol. The highest BCUT2D eigenvalue weighted by Crippen LogP contribution is 2.45. The Labute approximate surface area is 366 Å². The van der Waals surface area contributed by atoms with E-state index in [9.17, 15) is 0 Å². The maximum absolute atomic E-state index is 2.55. The predicted octanol–water partition coefficient (Wildman–Crippen LogP) is 15.8. The van der Waals surface area contributed by atoms with E-state index in [4.69, 9.17) is 0 Å². The Morgan fingerprint density at radius 1 is 0.203 bits per heavy atom. The van der Waals surface area contributed by atoms with Crippen molar-refractivity contribution >= 4 is 98.3 Å². The Kier molecular flexibility index (Phi) is 6.65. The van der Waals surface area contributed by atoms with Gasteiger partial charge in [0.2, 0.25) is 0 Å². The second-order valence-electron chi connectivity index (χ2n) is 17.3. The highest BCUT2D eigenvalue weighted by atomic mass is 15.0. The van der Waals surface area contributed by atoms with Crippen LogP contribution in [0.15, 0.2) is 218 Å². The summed E-state index contributed by atoms with van der Waals surface area (Å²) < 4.78 is 9.88. The van der Waals surface area contributed by atoms with Crippen LogP contribution in [0.25, 0.3) is 132 Å². The summed E-state index contributed by atoms with van der Waals surface area (Å²) in [6, 6.07) is 80.8. The van der Waals surface area contributed by atoms with Gasteiger partial charge in [-0.3, -0.25) is 0 Å². The molecule has 0 fully saturated rings. The summed E-state index contributed by atoms with van der Waals surface area (Å²) in [5, 5.41) is 10.0. The normalized spacial score (nSPS) is 12.4. The number of hydrogen-bond acceptors (Lipinski definition) is 0. The van der Waals surface area contributed by atoms with E-state index < -0.39 is 0 Å². The molecule has 296 valence electrons. The molecule has 0 saturated carbocycles. The van der Waals surface area contributed by atoms with Crippen molar-refractivity contribution in [3.8, 4) is 33.6 Å². The zero-order valence-electron chi connectivity index (χ0n) is 34.6. The van der Waals surface area contributed by atoms with E-state index in [1.54, 1.807) is 0 Å². The minimum Gasteiger partial charge on any atom is -0.309 e. The quantitative estimate of drug-likeness (QED) is 0.158. The maximum Gasteiger partial charge on any atom is 0.0783 e. The lowest BCUT2D eigenvalue weighted by molar-refractivity contribution is 1.18. The summed E-state index contributed by atoms with van der Waals surface area (Å²) >= 11 is 0. The van der Waals surface area contributed by atoms with E-state index in [0.29, 0.717) is 0 Å². The van der Waals surface area contributed by atoms with Crippen LogP contribution in [0.1, 0.15) is 0 Å². The average Bonchev–Trinajstić information content (AvgIpc) is 4.09. The monoisotopic (exact) mass is 812 g/mol. The molecular formula is C60H36N4. The summed E-state index contributed by atoms with van der Waals surface area (Å²) in [7, 11) is 0. The Morgan fingerprint density at radius 3 is 0.953 bits per heavy atom. The van der Waals surface area contributed by atoms with Crippen molar-refractivity contribution in [2.75, 3.05) is 0 Å². The molecule has 0 bridgehead atoms. The molecule has 0 aliphatic heterocycles. The molecule has 15 rings (SSSR count). The summed E-state index contributed by atoms with van der Waals surface area (Å²) in [5.41, 5.74) is 19.3. The second-order valence-corrected chi connectivity index (χ2v) is 17.3. The molecule has 0 aliphatic carbocycles. The second kappa shape index (κ2) is 12.5. The third-order valence-corrected chi connectivity index (χ3v) is 14.0. The molecule has 0 amide bonds. The first-order valence-corrected chi connectivity index (χ1v) is 22.1. The minimum absolute atomic E-state index is 1.17. The molecule has 4 heteroatoms. The summed E-state index contributed by atoms with van der Waals surface area (Å²) in [5.74, 6) is 0. The van der Waals surface area contributed by atoms with E-state index in [1.165, 1.54) is 132 Å². The molecule has 0 radical (unpaired) electrons. The lowest BCUT2D eigenvalue weighted by atomic mass is 9.99. The summed E-state index contributed by atoms with van der Waals surface area (Å²) in [6.45, 7) is 0. The van der Waals surface area contributed by atoms with Crippen molar-refractivity contribution < 1.29 is 0 Å². The van der Waals surface area contributed by atoms with Gasteiger partial charge in [0.25, 0.3) is 0 Å². The van der Waals surface area contributed by atoms with Crippen LogP contribution in [0.5, 0.6) is 0 Å². The molecule has 0 aliphatic rings. The number of hydrogen-bond donors (Lipinski definition) is 0. The van der Waals surface area contributed by atoms with Crippen molar-refractivity contribution in [2.24, 2.45) is 0 Å². The molecule has 64 heavy (non-hydrogen) atoms. The molecule has 0 atom stereocenters.